The lowest BCUT2D eigenvalue weighted by atomic mass is 10.3. The van der Waals surface area contributed by atoms with Crippen LogP contribution in [-0.2, 0) is 0 Å². The van der Waals surface area contributed by atoms with E-state index < -0.39 is 0 Å². The van der Waals surface area contributed by atoms with Crippen molar-refractivity contribution in [3.63, 3.8) is 0 Å². The molecule has 0 bridgehead atoms. The minimum Gasteiger partial charge on any atom is -0.477 e. The van der Waals surface area contributed by atoms with Crippen LogP contribution in [0, 0.1) is 11.3 Å². The summed E-state index contributed by atoms with van der Waals surface area (Å²) in [6.45, 7) is -0.0621. The number of aromatic nitrogens is 1. The summed E-state index contributed by atoms with van der Waals surface area (Å²) in [7, 11) is 0. The smallest absolute Gasteiger partial charge is 0.267 e. The van der Waals surface area contributed by atoms with Gasteiger partial charge in [-0.25, -0.2) is 0 Å². The molecule has 18 heavy (non-hydrogen) atoms. The van der Waals surface area contributed by atoms with Crippen LogP contribution in [0.5, 0.6) is 5.75 Å². The van der Waals surface area contributed by atoms with E-state index in [4.69, 9.17) is 10.00 Å². The molecule has 0 aliphatic heterocycles. The molecule has 1 amide bonds. The Labute approximate surface area is 108 Å². The molecule has 0 aliphatic carbocycles. The van der Waals surface area contributed by atoms with E-state index in [0.717, 1.165) is 0 Å². The average Bonchev–Trinajstić information content (AvgIpc) is 2.91. The summed E-state index contributed by atoms with van der Waals surface area (Å²) in [4.78, 5) is 16.2. The Morgan fingerprint density at radius 2 is 2.33 bits per heavy atom. The van der Waals surface area contributed by atoms with Crippen molar-refractivity contribution in [3.8, 4) is 11.8 Å². The van der Waals surface area contributed by atoms with Gasteiger partial charge in [0.25, 0.3) is 5.91 Å². The van der Waals surface area contributed by atoms with Crippen LogP contribution in [0.3, 0.4) is 0 Å². The SMILES string of the molecule is N#CCOc1ccccc1NC(=O)c1cncs1. The molecule has 0 aliphatic rings. The lowest BCUT2D eigenvalue weighted by Gasteiger charge is -2.09. The third-order valence-corrected chi connectivity index (χ3v) is 2.86. The topological polar surface area (TPSA) is 75.0 Å². The fraction of sp³-hybridized carbons (Fsp3) is 0.0833. The summed E-state index contributed by atoms with van der Waals surface area (Å²) < 4.78 is 5.22. The summed E-state index contributed by atoms with van der Waals surface area (Å²) in [5.41, 5.74) is 2.12. The molecule has 1 N–H and O–H groups in total. The van der Waals surface area contributed by atoms with Gasteiger partial charge in [0.05, 0.1) is 17.4 Å². The molecule has 1 heterocycles. The van der Waals surface area contributed by atoms with Crippen LogP contribution in [0.2, 0.25) is 0 Å². The third kappa shape index (κ3) is 2.84. The van der Waals surface area contributed by atoms with E-state index in [2.05, 4.69) is 10.3 Å². The standard InChI is InChI=1S/C12H9N3O2S/c13-5-6-17-10-4-2-1-3-9(10)15-12(16)11-7-14-8-18-11/h1-4,7-8H,6H2,(H,15,16). The van der Waals surface area contributed by atoms with Gasteiger partial charge in [-0.15, -0.1) is 11.3 Å². The Morgan fingerprint density at radius 3 is 3.06 bits per heavy atom. The van der Waals surface area contributed by atoms with E-state index in [9.17, 15) is 4.79 Å². The maximum atomic E-state index is 11.8. The Bertz CT molecular complexity index is 575. The number of nitrogens with zero attached hydrogens (tertiary/aromatic N) is 2. The molecule has 6 heteroatoms. The molecule has 1 aromatic carbocycles. The zero-order valence-electron chi connectivity index (χ0n) is 9.29. The first-order valence-corrected chi connectivity index (χ1v) is 5.98. The zero-order chi connectivity index (χ0) is 12.8. The minimum absolute atomic E-state index is 0.0621. The zero-order valence-corrected chi connectivity index (χ0v) is 10.1. The number of amides is 1. The molecule has 0 saturated carbocycles. The minimum atomic E-state index is -0.245. The number of carbonyl (C=O) groups excluding carboxylic acids is 1. The van der Waals surface area contributed by atoms with Gasteiger partial charge < -0.3 is 10.1 Å². The van der Waals surface area contributed by atoms with Gasteiger partial charge in [-0.2, -0.15) is 5.26 Å². The molecule has 2 rings (SSSR count). The number of benzene rings is 1. The molecule has 0 atom stereocenters. The molecule has 90 valence electrons. The average molecular weight is 259 g/mol. The van der Waals surface area contributed by atoms with Crippen molar-refractivity contribution in [1.29, 1.82) is 5.26 Å². The van der Waals surface area contributed by atoms with E-state index in [1.54, 1.807) is 29.8 Å². The number of nitriles is 1. The second-order valence-electron chi connectivity index (χ2n) is 3.26. The van der Waals surface area contributed by atoms with Crippen molar-refractivity contribution in [2.75, 3.05) is 11.9 Å². The molecule has 0 radical (unpaired) electrons. The van der Waals surface area contributed by atoms with Gasteiger partial charge in [0, 0.05) is 0 Å². The number of para-hydroxylation sites is 2. The Morgan fingerprint density at radius 1 is 1.50 bits per heavy atom. The number of ether oxygens (including phenoxy) is 1. The summed E-state index contributed by atoms with van der Waals surface area (Å²) in [6.07, 6.45) is 1.50. The highest BCUT2D eigenvalue weighted by molar-refractivity contribution is 7.11. The maximum Gasteiger partial charge on any atom is 0.267 e. The molecular formula is C12H9N3O2S. The van der Waals surface area contributed by atoms with Crippen molar-refractivity contribution in [2.24, 2.45) is 0 Å². The number of thiazole rings is 1. The van der Waals surface area contributed by atoms with Gasteiger partial charge in [-0.05, 0) is 12.1 Å². The number of anilines is 1. The molecule has 1 aromatic heterocycles. The number of hydrogen-bond acceptors (Lipinski definition) is 5. The Hall–Kier alpha value is -2.39. The van der Waals surface area contributed by atoms with Crippen molar-refractivity contribution in [3.05, 3.63) is 40.8 Å². The second-order valence-corrected chi connectivity index (χ2v) is 4.15. The highest BCUT2D eigenvalue weighted by Gasteiger charge is 2.10. The van der Waals surface area contributed by atoms with Crippen LogP contribution >= 0.6 is 11.3 Å². The summed E-state index contributed by atoms with van der Waals surface area (Å²) >= 11 is 1.26. The van der Waals surface area contributed by atoms with E-state index in [1.807, 2.05) is 6.07 Å². The van der Waals surface area contributed by atoms with E-state index in [-0.39, 0.29) is 12.5 Å². The van der Waals surface area contributed by atoms with Gasteiger partial charge >= 0.3 is 0 Å². The highest BCUT2D eigenvalue weighted by atomic mass is 32.1. The molecule has 0 spiro atoms. The largest absolute Gasteiger partial charge is 0.477 e. The summed E-state index contributed by atoms with van der Waals surface area (Å²) in [5, 5.41) is 11.2. The summed E-state index contributed by atoms with van der Waals surface area (Å²) in [5.74, 6) is 0.224. The van der Waals surface area contributed by atoms with Crippen molar-refractivity contribution < 1.29 is 9.53 Å². The van der Waals surface area contributed by atoms with Gasteiger partial charge in [-0.3, -0.25) is 9.78 Å². The number of carbonyl (C=O) groups is 1. The molecule has 0 saturated heterocycles. The van der Waals surface area contributed by atoms with Crippen molar-refractivity contribution in [1.82, 2.24) is 4.98 Å². The number of hydrogen-bond donors (Lipinski definition) is 1. The van der Waals surface area contributed by atoms with Gasteiger partial charge in [0.2, 0.25) is 0 Å². The van der Waals surface area contributed by atoms with Gasteiger partial charge in [-0.1, -0.05) is 12.1 Å². The van der Waals surface area contributed by atoms with Crippen LogP contribution in [0.1, 0.15) is 9.67 Å². The van der Waals surface area contributed by atoms with E-state index >= 15 is 0 Å². The third-order valence-electron chi connectivity index (χ3n) is 2.08. The quantitative estimate of drug-likeness (QED) is 0.914. The number of rotatable bonds is 4. The molecule has 5 nitrogen and oxygen atoms in total. The lowest BCUT2D eigenvalue weighted by Crippen LogP contribution is -2.11. The van der Waals surface area contributed by atoms with Crippen LogP contribution in [0.25, 0.3) is 0 Å². The predicted molar refractivity (Wildman–Crippen MR) is 67.6 cm³/mol. The van der Waals surface area contributed by atoms with Crippen LogP contribution in [0.15, 0.2) is 36.0 Å². The van der Waals surface area contributed by atoms with Crippen LogP contribution in [0.4, 0.5) is 5.69 Å². The maximum absolute atomic E-state index is 11.8. The summed E-state index contributed by atoms with van der Waals surface area (Å²) in [6, 6.07) is 8.84. The Balaban J connectivity index is 2.14. The normalized spacial score (nSPS) is 9.50. The highest BCUT2D eigenvalue weighted by Crippen LogP contribution is 2.24. The lowest BCUT2D eigenvalue weighted by molar-refractivity contribution is 0.103. The fourth-order valence-corrected chi connectivity index (χ4v) is 1.83. The first-order chi connectivity index (χ1) is 8.81. The number of nitrogens with one attached hydrogen (secondary N) is 1. The van der Waals surface area contributed by atoms with E-state index in [0.29, 0.717) is 16.3 Å². The van der Waals surface area contributed by atoms with Gasteiger partial charge in [0.15, 0.2) is 6.61 Å². The predicted octanol–water partition coefficient (Wildman–Crippen LogP) is 2.30. The van der Waals surface area contributed by atoms with Crippen LogP contribution < -0.4 is 10.1 Å². The second kappa shape index (κ2) is 5.80. The molecule has 0 fully saturated rings. The first kappa shape index (κ1) is 12.1. The van der Waals surface area contributed by atoms with Gasteiger partial charge in [0.1, 0.15) is 16.7 Å². The Kier molecular flexibility index (Phi) is 3.89. The molecule has 2 aromatic rings. The molecular weight excluding hydrogens is 250 g/mol. The van der Waals surface area contributed by atoms with Crippen molar-refractivity contribution in [2.45, 2.75) is 0 Å². The van der Waals surface area contributed by atoms with Crippen LogP contribution in [-0.4, -0.2) is 17.5 Å². The fourth-order valence-electron chi connectivity index (χ4n) is 1.32. The van der Waals surface area contributed by atoms with E-state index in [1.165, 1.54) is 17.5 Å². The first-order valence-electron chi connectivity index (χ1n) is 5.10. The molecule has 0 unspecified atom stereocenters. The monoisotopic (exact) mass is 259 g/mol. The van der Waals surface area contributed by atoms with Crippen molar-refractivity contribution >= 4 is 22.9 Å².